The molecular weight excluding hydrogens is 699 g/mol. The normalized spacial score (nSPS) is 15.6. The number of nitrogens with one attached hydrogen (secondary N) is 2. The quantitative estimate of drug-likeness (QED) is 0.133. The van der Waals surface area contributed by atoms with Gasteiger partial charge in [-0.3, -0.25) is 19.4 Å². The van der Waals surface area contributed by atoms with E-state index in [0.717, 1.165) is 65.0 Å². The number of ether oxygens (including phenoxy) is 2. The van der Waals surface area contributed by atoms with E-state index in [0.29, 0.717) is 44.0 Å². The van der Waals surface area contributed by atoms with E-state index in [4.69, 9.17) is 44.1 Å². The number of hydrogen-bond acceptors (Lipinski definition) is 8. The molecule has 276 valence electrons. The molecule has 0 unspecified atom stereocenters. The van der Waals surface area contributed by atoms with E-state index in [-0.39, 0.29) is 23.9 Å². The fraction of sp³-hybridized carbons (Fsp3) is 0.350. The van der Waals surface area contributed by atoms with Crippen LogP contribution >= 0.6 is 23.2 Å². The number of carbonyl (C=O) groups excluding carboxylic acids is 2. The molecule has 0 aromatic heterocycles. The smallest absolute Gasteiger partial charge is 0.255 e. The second-order valence-electron chi connectivity index (χ2n) is 13.2. The van der Waals surface area contributed by atoms with Crippen molar-refractivity contribution in [3.8, 4) is 11.5 Å². The zero-order chi connectivity index (χ0) is 37.0. The molecule has 0 aliphatic carbocycles. The van der Waals surface area contributed by atoms with Crippen molar-refractivity contribution < 1.29 is 19.1 Å². The summed E-state index contributed by atoms with van der Waals surface area (Å²) in [6.07, 6.45) is 3.68. The van der Waals surface area contributed by atoms with E-state index in [1.807, 2.05) is 12.1 Å². The predicted molar refractivity (Wildman–Crippen MR) is 209 cm³/mol. The lowest BCUT2D eigenvalue weighted by Gasteiger charge is -2.32. The highest BCUT2D eigenvalue weighted by atomic mass is 35.5. The van der Waals surface area contributed by atoms with Crippen molar-refractivity contribution in [1.82, 2.24) is 20.4 Å². The minimum atomic E-state index is -0.176. The number of rotatable bonds is 10. The van der Waals surface area contributed by atoms with Crippen LogP contribution in [0.3, 0.4) is 0 Å². The van der Waals surface area contributed by atoms with E-state index in [1.165, 1.54) is 25.3 Å². The summed E-state index contributed by atoms with van der Waals surface area (Å²) in [5.74, 6) is 0.521. The van der Waals surface area contributed by atoms with E-state index in [2.05, 4.69) is 69.0 Å². The highest BCUT2D eigenvalue weighted by molar-refractivity contribution is 6.34. The third-order valence-electron chi connectivity index (χ3n) is 9.47. The van der Waals surface area contributed by atoms with Gasteiger partial charge in [0, 0.05) is 63.5 Å². The molecule has 10 nitrogen and oxygen atoms in total. The Bertz CT molecular complexity index is 1650. The van der Waals surface area contributed by atoms with E-state index >= 15 is 0 Å². The van der Waals surface area contributed by atoms with Crippen molar-refractivity contribution in [2.24, 2.45) is 0 Å². The van der Waals surface area contributed by atoms with Gasteiger partial charge in [0.15, 0.2) is 0 Å². The third-order valence-corrected chi connectivity index (χ3v) is 10.1. The third kappa shape index (κ3) is 10.8. The fourth-order valence-electron chi connectivity index (χ4n) is 6.51. The van der Waals surface area contributed by atoms with Crippen molar-refractivity contribution in [2.75, 3.05) is 51.9 Å². The van der Waals surface area contributed by atoms with Gasteiger partial charge >= 0.3 is 0 Å². The Morgan fingerprint density at radius 3 is 1.31 bits per heavy atom. The van der Waals surface area contributed by atoms with Crippen molar-refractivity contribution in [3.63, 3.8) is 0 Å². The second-order valence-corrected chi connectivity index (χ2v) is 14.0. The molecule has 4 aromatic carbocycles. The first-order valence-electron chi connectivity index (χ1n) is 17.5. The van der Waals surface area contributed by atoms with Crippen molar-refractivity contribution >= 4 is 46.4 Å². The molecule has 0 saturated carbocycles. The molecule has 0 atom stereocenters. The van der Waals surface area contributed by atoms with Crippen LogP contribution < -0.4 is 31.6 Å². The Hall–Kier alpha value is -4.48. The van der Waals surface area contributed by atoms with Gasteiger partial charge in [-0.15, -0.1) is 0 Å². The predicted octanol–water partition coefficient (Wildman–Crippen LogP) is 6.65. The van der Waals surface area contributed by atoms with Crippen molar-refractivity contribution in [3.05, 3.63) is 117 Å². The van der Waals surface area contributed by atoms with Gasteiger partial charge in [-0.25, -0.2) is 0 Å². The zero-order valence-corrected chi connectivity index (χ0v) is 31.3. The van der Waals surface area contributed by atoms with Gasteiger partial charge in [-0.05, 0) is 48.9 Å². The molecule has 0 spiro atoms. The Balaban J connectivity index is 0.000000201. The van der Waals surface area contributed by atoms with Crippen LogP contribution in [0.2, 0.25) is 10.0 Å². The Labute approximate surface area is 316 Å². The summed E-state index contributed by atoms with van der Waals surface area (Å²) in [4.78, 5) is 30.1. The Morgan fingerprint density at radius 2 is 0.981 bits per heavy atom. The first kappa shape index (κ1) is 38.7. The van der Waals surface area contributed by atoms with Gasteiger partial charge in [0.25, 0.3) is 11.8 Å². The lowest BCUT2D eigenvalue weighted by atomic mass is 10.0. The topological polar surface area (TPSA) is 135 Å². The maximum absolute atomic E-state index is 12.6. The summed E-state index contributed by atoms with van der Waals surface area (Å²) in [5.41, 5.74) is 15.8. The highest BCUT2D eigenvalue weighted by Crippen LogP contribution is 2.30. The van der Waals surface area contributed by atoms with E-state index < -0.39 is 0 Å². The lowest BCUT2D eigenvalue weighted by molar-refractivity contribution is 0.0897. The Morgan fingerprint density at radius 1 is 0.635 bits per heavy atom. The SMILES string of the molecule is COc1cc(N)c(Cl)cc1C(=O)NC1CCN(Cc2ccccc2)CC1.COc1cc(N)c(Cl)cc1C(=O)NC1CCN(Cc2ccccc2)CC1. The second kappa shape index (κ2) is 18.8. The molecule has 52 heavy (non-hydrogen) atoms. The van der Waals surface area contributed by atoms with Crippen LogP contribution in [0.4, 0.5) is 11.4 Å². The number of hydrogen-bond donors (Lipinski definition) is 4. The molecule has 2 saturated heterocycles. The number of likely N-dealkylation sites (tertiary alicyclic amines) is 2. The average molecular weight is 748 g/mol. The summed E-state index contributed by atoms with van der Waals surface area (Å²) < 4.78 is 10.5. The van der Waals surface area contributed by atoms with Gasteiger partial charge in [0.2, 0.25) is 0 Å². The summed E-state index contributed by atoms with van der Waals surface area (Å²) in [6.45, 7) is 5.73. The minimum absolute atomic E-state index is 0.149. The van der Waals surface area contributed by atoms with Crippen LogP contribution in [0.15, 0.2) is 84.9 Å². The largest absolute Gasteiger partial charge is 0.496 e. The zero-order valence-electron chi connectivity index (χ0n) is 29.7. The molecular formula is C40H48Cl2N6O4. The average Bonchev–Trinajstić information content (AvgIpc) is 3.16. The van der Waals surface area contributed by atoms with Crippen LogP contribution in [-0.2, 0) is 13.1 Å². The Kier molecular flexibility index (Phi) is 14.0. The first-order valence-corrected chi connectivity index (χ1v) is 18.3. The molecule has 2 heterocycles. The molecule has 0 radical (unpaired) electrons. The summed E-state index contributed by atoms with van der Waals surface area (Å²) in [7, 11) is 3.03. The standard InChI is InChI=1S/2C20H24ClN3O2/c2*1-26-19-12-18(22)17(21)11-16(19)20(25)23-15-7-9-24(10-8-15)13-14-5-3-2-4-6-14/h2*2-6,11-12,15H,7-10,13,22H2,1H3,(H,23,25). The van der Waals surface area contributed by atoms with Gasteiger partial charge < -0.3 is 31.6 Å². The first-order chi connectivity index (χ1) is 25.1. The number of anilines is 2. The monoisotopic (exact) mass is 746 g/mol. The number of halogens is 2. The number of nitrogen functional groups attached to an aromatic ring is 2. The molecule has 2 aliphatic rings. The van der Waals surface area contributed by atoms with Crippen LogP contribution in [0, 0.1) is 0 Å². The molecule has 4 aromatic rings. The van der Waals surface area contributed by atoms with Crippen LogP contribution in [0.1, 0.15) is 57.5 Å². The van der Waals surface area contributed by atoms with Crippen molar-refractivity contribution in [2.45, 2.75) is 50.9 Å². The molecule has 2 fully saturated rings. The van der Waals surface area contributed by atoms with Gasteiger partial charge in [-0.1, -0.05) is 83.9 Å². The number of carbonyl (C=O) groups is 2. The molecule has 6 rings (SSSR count). The van der Waals surface area contributed by atoms with E-state index in [1.54, 1.807) is 24.3 Å². The molecule has 6 N–H and O–H groups in total. The maximum Gasteiger partial charge on any atom is 0.255 e. The molecule has 0 bridgehead atoms. The van der Waals surface area contributed by atoms with Crippen LogP contribution in [-0.4, -0.2) is 74.1 Å². The number of nitrogens with zero attached hydrogens (tertiary/aromatic N) is 2. The minimum Gasteiger partial charge on any atom is -0.496 e. The molecule has 2 amide bonds. The fourth-order valence-corrected chi connectivity index (χ4v) is 6.84. The molecule has 12 heteroatoms. The number of amides is 2. The van der Waals surface area contributed by atoms with Gasteiger partial charge in [-0.2, -0.15) is 0 Å². The number of benzene rings is 4. The maximum atomic E-state index is 12.6. The summed E-state index contributed by atoms with van der Waals surface area (Å²) in [5, 5.41) is 6.90. The van der Waals surface area contributed by atoms with E-state index in [9.17, 15) is 9.59 Å². The van der Waals surface area contributed by atoms with Crippen molar-refractivity contribution in [1.29, 1.82) is 0 Å². The number of methoxy groups -OCH3 is 2. The van der Waals surface area contributed by atoms with Gasteiger partial charge in [0.05, 0.1) is 46.8 Å². The van der Waals surface area contributed by atoms with Crippen LogP contribution in [0.5, 0.6) is 11.5 Å². The van der Waals surface area contributed by atoms with Crippen LogP contribution in [0.25, 0.3) is 0 Å². The number of piperidine rings is 2. The lowest BCUT2D eigenvalue weighted by Crippen LogP contribution is -2.44. The summed E-state index contributed by atoms with van der Waals surface area (Å²) >= 11 is 12.1. The van der Waals surface area contributed by atoms with Gasteiger partial charge in [0.1, 0.15) is 11.5 Å². The molecule has 2 aliphatic heterocycles. The highest BCUT2D eigenvalue weighted by Gasteiger charge is 2.25. The number of nitrogens with two attached hydrogens (primary N) is 2. The summed E-state index contributed by atoms with van der Waals surface area (Å²) in [6, 6.07) is 27.5.